The van der Waals surface area contributed by atoms with E-state index in [1.54, 1.807) is 6.92 Å². The van der Waals surface area contributed by atoms with E-state index in [9.17, 15) is 9.59 Å². The second kappa shape index (κ2) is 7.34. The number of carbonyl (C=O) groups excluding carboxylic acids is 1. The molecule has 0 bridgehead atoms. The molecule has 2 N–H and O–H groups in total. The predicted octanol–water partition coefficient (Wildman–Crippen LogP) is 2.09. The van der Waals surface area contributed by atoms with Crippen molar-refractivity contribution in [2.24, 2.45) is 0 Å². The molecule has 25 heavy (non-hydrogen) atoms. The highest BCUT2D eigenvalue weighted by atomic mass is 16.2. The molecule has 0 atom stereocenters. The van der Waals surface area contributed by atoms with Crippen molar-refractivity contribution in [3.05, 3.63) is 64.0 Å². The van der Waals surface area contributed by atoms with E-state index in [0.29, 0.717) is 18.8 Å². The summed E-state index contributed by atoms with van der Waals surface area (Å²) in [4.78, 5) is 31.1. The number of aromatic nitrogens is 3. The van der Waals surface area contributed by atoms with Crippen LogP contribution in [-0.2, 0) is 17.8 Å². The molecule has 1 amide bonds. The molecule has 6 nitrogen and oxygen atoms in total. The fourth-order valence-corrected chi connectivity index (χ4v) is 3.02. The SMILES string of the molecule is Cc1cc(C)n(CCC(=O)NCCc2c[nH]c3ccccc23)c(=O)n1. The summed E-state index contributed by atoms with van der Waals surface area (Å²) >= 11 is 0. The number of nitrogens with one attached hydrogen (secondary N) is 2. The number of fused-ring (bicyclic) bond motifs is 1. The summed E-state index contributed by atoms with van der Waals surface area (Å²) in [5.41, 5.74) is 3.51. The third-order valence-corrected chi connectivity index (χ3v) is 4.30. The zero-order chi connectivity index (χ0) is 17.8. The molecule has 6 heteroatoms. The van der Waals surface area contributed by atoms with Crippen LogP contribution < -0.4 is 11.0 Å². The van der Waals surface area contributed by atoms with Crippen molar-refractivity contribution >= 4 is 16.8 Å². The summed E-state index contributed by atoms with van der Waals surface area (Å²) in [5, 5.41) is 4.10. The number of hydrogen-bond acceptors (Lipinski definition) is 3. The lowest BCUT2D eigenvalue weighted by atomic mass is 10.1. The van der Waals surface area contributed by atoms with Crippen molar-refractivity contribution in [3.63, 3.8) is 0 Å². The molecule has 1 aromatic carbocycles. The fraction of sp³-hybridized carbons (Fsp3) is 0.316. The van der Waals surface area contributed by atoms with E-state index < -0.39 is 0 Å². The van der Waals surface area contributed by atoms with Crippen LogP contribution in [0.5, 0.6) is 0 Å². The minimum atomic E-state index is -0.302. The predicted molar refractivity (Wildman–Crippen MR) is 97.6 cm³/mol. The molecule has 0 saturated carbocycles. The Labute approximate surface area is 145 Å². The van der Waals surface area contributed by atoms with Crippen LogP contribution in [0.25, 0.3) is 10.9 Å². The number of aromatic amines is 1. The molecule has 0 aliphatic carbocycles. The zero-order valence-electron chi connectivity index (χ0n) is 14.5. The molecule has 2 heterocycles. The van der Waals surface area contributed by atoms with Gasteiger partial charge >= 0.3 is 5.69 Å². The standard InChI is InChI=1S/C19H22N4O2/c1-13-11-14(2)23(19(25)22-13)10-8-18(24)20-9-7-15-12-21-17-6-4-3-5-16(15)17/h3-6,11-12,21H,7-10H2,1-2H3,(H,20,24). The van der Waals surface area contributed by atoms with Crippen LogP contribution in [0.1, 0.15) is 23.4 Å². The van der Waals surface area contributed by atoms with E-state index in [0.717, 1.165) is 17.6 Å². The van der Waals surface area contributed by atoms with Gasteiger partial charge in [0, 0.05) is 48.0 Å². The Balaban J connectivity index is 1.51. The van der Waals surface area contributed by atoms with Gasteiger partial charge in [0.05, 0.1) is 0 Å². The summed E-state index contributed by atoms with van der Waals surface area (Å²) in [6.45, 7) is 4.55. The first-order valence-corrected chi connectivity index (χ1v) is 8.41. The van der Waals surface area contributed by atoms with Crippen molar-refractivity contribution in [2.45, 2.75) is 33.2 Å². The summed E-state index contributed by atoms with van der Waals surface area (Å²) in [7, 11) is 0. The maximum absolute atomic E-state index is 12.0. The Morgan fingerprint density at radius 1 is 1.28 bits per heavy atom. The van der Waals surface area contributed by atoms with Gasteiger partial charge in [-0.2, -0.15) is 4.98 Å². The summed E-state index contributed by atoms with van der Waals surface area (Å²) < 4.78 is 1.53. The third-order valence-electron chi connectivity index (χ3n) is 4.30. The number of nitrogens with zero attached hydrogens (tertiary/aromatic N) is 2. The van der Waals surface area contributed by atoms with Crippen LogP contribution in [0.3, 0.4) is 0 Å². The molecule has 130 valence electrons. The van der Waals surface area contributed by atoms with Gasteiger partial charge in [-0.25, -0.2) is 4.79 Å². The minimum absolute atomic E-state index is 0.0632. The molecular formula is C19H22N4O2. The molecular weight excluding hydrogens is 316 g/mol. The van der Waals surface area contributed by atoms with Gasteiger partial charge in [0.2, 0.25) is 5.91 Å². The number of aryl methyl sites for hydroxylation is 2. The van der Waals surface area contributed by atoms with Gasteiger partial charge in [-0.05, 0) is 38.0 Å². The summed E-state index contributed by atoms with van der Waals surface area (Å²) in [6.07, 6.45) is 3.01. The van der Waals surface area contributed by atoms with Crippen LogP contribution in [0.2, 0.25) is 0 Å². The monoisotopic (exact) mass is 338 g/mol. The first-order chi connectivity index (χ1) is 12.0. The molecule has 2 aromatic heterocycles. The lowest BCUT2D eigenvalue weighted by molar-refractivity contribution is -0.121. The number of benzene rings is 1. The highest BCUT2D eigenvalue weighted by molar-refractivity contribution is 5.83. The van der Waals surface area contributed by atoms with Gasteiger partial charge in [0.15, 0.2) is 0 Å². The molecule has 0 radical (unpaired) electrons. The van der Waals surface area contributed by atoms with Gasteiger partial charge < -0.3 is 10.3 Å². The number of amides is 1. The number of para-hydroxylation sites is 1. The molecule has 3 rings (SSSR count). The first-order valence-electron chi connectivity index (χ1n) is 8.41. The van der Waals surface area contributed by atoms with Crippen LogP contribution in [0, 0.1) is 13.8 Å². The minimum Gasteiger partial charge on any atom is -0.361 e. The quantitative estimate of drug-likeness (QED) is 0.722. The average molecular weight is 338 g/mol. The highest BCUT2D eigenvalue weighted by Gasteiger charge is 2.07. The van der Waals surface area contributed by atoms with E-state index in [4.69, 9.17) is 0 Å². The van der Waals surface area contributed by atoms with E-state index in [1.165, 1.54) is 15.5 Å². The molecule has 0 aliphatic rings. The lowest BCUT2D eigenvalue weighted by Crippen LogP contribution is -2.30. The third kappa shape index (κ3) is 3.96. The van der Waals surface area contributed by atoms with E-state index in [1.807, 2.05) is 37.4 Å². The van der Waals surface area contributed by atoms with E-state index >= 15 is 0 Å². The zero-order valence-corrected chi connectivity index (χ0v) is 14.5. The molecule has 3 aromatic rings. The number of H-pyrrole nitrogens is 1. The molecule has 0 aliphatic heterocycles. The maximum atomic E-state index is 12.0. The van der Waals surface area contributed by atoms with Crippen LogP contribution in [0.15, 0.2) is 41.3 Å². The Bertz CT molecular complexity index is 955. The lowest BCUT2D eigenvalue weighted by Gasteiger charge is -2.10. The van der Waals surface area contributed by atoms with Crippen LogP contribution >= 0.6 is 0 Å². The topological polar surface area (TPSA) is 79.8 Å². The van der Waals surface area contributed by atoms with Gasteiger partial charge in [-0.1, -0.05) is 18.2 Å². The average Bonchev–Trinajstić information content (AvgIpc) is 2.97. The number of rotatable bonds is 6. The maximum Gasteiger partial charge on any atom is 0.347 e. The van der Waals surface area contributed by atoms with Crippen LogP contribution in [0.4, 0.5) is 0 Å². The summed E-state index contributed by atoms with van der Waals surface area (Å²) in [6, 6.07) is 9.95. The fourth-order valence-electron chi connectivity index (χ4n) is 3.02. The number of hydrogen-bond donors (Lipinski definition) is 2. The smallest absolute Gasteiger partial charge is 0.347 e. The van der Waals surface area contributed by atoms with Gasteiger partial charge in [-0.15, -0.1) is 0 Å². The van der Waals surface area contributed by atoms with Gasteiger partial charge in [0.1, 0.15) is 0 Å². The van der Waals surface area contributed by atoms with E-state index in [-0.39, 0.29) is 18.0 Å². The largest absolute Gasteiger partial charge is 0.361 e. The highest BCUT2D eigenvalue weighted by Crippen LogP contribution is 2.17. The van der Waals surface area contributed by atoms with Crippen molar-refractivity contribution in [1.29, 1.82) is 0 Å². The van der Waals surface area contributed by atoms with Crippen molar-refractivity contribution in [1.82, 2.24) is 19.9 Å². The van der Waals surface area contributed by atoms with Crippen LogP contribution in [-0.4, -0.2) is 27.0 Å². The second-order valence-corrected chi connectivity index (χ2v) is 6.18. The van der Waals surface area contributed by atoms with Crippen molar-refractivity contribution in [2.75, 3.05) is 6.54 Å². The Hall–Kier alpha value is -2.89. The van der Waals surface area contributed by atoms with E-state index in [2.05, 4.69) is 21.4 Å². The molecule has 0 unspecified atom stereocenters. The Kier molecular flexibility index (Phi) is 4.97. The van der Waals surface area contributed by atoms with Crippen molar-refractivity contribution < 1.29 is 4.79 Å². The Morgan fingerprint density at radius 3 is 2.88 bits per heavy atom. The van der Waals surface area contributed by atoms with Crippen molar-refractivity contribution in [3.8, 4) is 0 Å². The van der Waals surface area contributed by atoms with Gasteiger partial charge in [0.25, 0.3) is 0 Å². The molecule has 0 fully saturated rings. The second-order valence-electron chi connectivity index (χ2n) is 6.18. The number of carbonyl (C=O) groups is 1. The Morgan fingerprint density at radius 2 is 2.08 bits per heavy atom. The molecule has 0 saturated heterocycles. The normalized spacial score (nSPS) is 11.0. The molecule has 0 spiro atoms. The first kappa shape index (κ1) is 17.0. The summed E-state index contributed by atoms with van der Waals surface area (Å²) in [5.74, 6) is -0.0632. The van der Waals surface area contributed by atoms with Gasteiger partial charge in [-0.3, -0.25) is 9.36 Å².